The van der Waals surface area contributed by atoms with E-state index in [0.717, 1.165) is 10.5 Å². The van der Waals surface area contributed by atoms with E-state index in [1.165, 1.54) is 13.3 Å². The second-order valence-corrected chi connectivity index (χ2v) is 4.01. The quantitative estimate of drug-likeness (QED) is 0.780. The number of nitrogens with zero attached hydrogens (tertiary/aromatic N) is 1. The Hall–Kier alpha value is -2.01. The van der Waals surface area contributed by atoms with Crippen molar-refractivity contribution >= 4 is 23.7 Å². The molecule has 0 aliphatic heterocycles. The van der Waals surface area contributed by atoms with E-state index in [4.69, 9.17) is 16.3 Å². The fraction of sp³-hybridized carbons (Fsp3) is 0.231. The van der Waals surface area contributed by atoms with Crippen LogP contribution in [0.15, 0.2) is 37.0 Å². The summed E-state index contributed by atoms with van der Waals surface area (Å²) in [5, 5.41) is 0.559. The van der Waals surface area contributed by atoms with Crippen LogP contribution in [0.25, 0.3) is 0 Å². The third-order valence-electron chi connectivity index (χ3n) is 2.23. The Morgan fingerprint density at radius 1 is 1.47 bits per heavy atom. The van der Waals surface area contributed by atoms with Gasteiger partial charge in [-0.25, -0.2) is 4.79 Å². The molecular formula is C13H14ClNO4. The summed E-state index contributed by atoms with van der Waals surface area (Å²) in [6, 6.07) is 6.94. The predicted molar refractivity (Wildman–Crippen MR) is 70.6 cm³/mol. The molecule has 5 nitrogen and oxygen atoms in total. The summed E-state index contributed by atoms with van der Waals surface area (Å²) in [6.45, 7) is 3.25. The molecule has 0 N–H and O–H groups in total. The zero-order valence-corrected chi connectivity index (χ0v) is 11.2. The Balaban J connectivity index is 2.53. The molecule has 1 aromatic rings. The average molecular weight is 284 g/mol. The van der Waals surface area contributed by atoms with Gasteiger partial charge in [0.1, 0.15) is 13.2 Å². The van der Waals surface area contributed by atoms with E-state index < -0.39 is 12.1 Å². The Morgan fingerprint density at radius 2 is 2.21 bits per heavy atom. The summed E-state index contributed by atoms with van der Waals surface area (Å²) in [4.78, 5) is 23.8. The third kappa shape index (κ3) is 5.01. The minimum Gasteiger partial charge on any atom is -0.468 e. The highest BCUT2D eigenvalue weighted by Gasteiger charge is 2.16. The first-order chi connectivity index (χ1) is 9.06. The number of methoxy groups -OCH3 is 1. The normalized spacial score (nSPS) is 9.58. The largest absolute Gasteiger partial charge is 0.468 e. The number of esters is 1. The van der Waals surface area contributed by atoms with Gasteiger partial charge in [-0.05, 0) is 17.7 Å². The maximum absolute atomic E-state index is 11.7. The van der Waals surface area contributed by atoms with E-state index in [-0.39, 0.29) is 13.2 Å². The lowest BCUT2D eigenvalue weighted by molar-refractivity contribution is -0.141. The number of amides is 1. The Kier molecular flexibility index (Phi) is 5.89. The molecule has 1 amide bonds. The molecule has 0 bridgehead atoms. The van der Waals surface area contributed by atoms with Crippen molar-refractivity contribution in [2.24, 2.45) is 0 Å². The summed E-state index contributed by atoms with van der Waals surface area (Å²) in [6.07, 6.45) is 0.525. The van der Waals surface area contributed by atoms with Gasteiger partial charge in [0.2, 0.25) is 0 Å². The van der Waals surface area contributed by atoms with Crippen molar-refractivity contribution in [1.29, 1.82) is 0 Å². The van der Waals surface area contributed by atoms with Crippen LogP contribution in [0.3, 0.4) is 0 Å². The van der Waals surface area contributed by atoms with E-state index in [2.05, 4.69) is 11.3 Å². The number of carbonyl (C=O) groups is 2. The van der Waals surface area contributed by atoms with Crippen LogP contribution in [0.4, 0.5) is 4.79 Å². The fourth-order valence-electron chi connectivity index (χ4n) is 1.26. The molecule has 19 heavy (non-hydrogen) atoms. The molecule has 0 atom stereocenters. The smallest absolute Gasteiger partial charge is 0.414 e. The summed E-state index contributed by atoms with van der Waals surface area (Å²) >= 11 is 5.81. The number of halogens is 1. The molecule has 0 aromatic heterocycles. The van der Waals surface area contributed by atoms with Crippen molar-refractivity contribution in [3.63, 3.8) is 0 Å². The highest BCUT2D eigenvalue weighted by atomic mass is 35.5. The number of hydrogen-bond acceptors (Lipinski definition) is 4. The van der Waals surface area contributed by atoms with Crippen LogP contribution >= 0.6 is 11.6 Å². The van der Waals surface area contributed by atoms with Gasteiger partial charge in [0.25, 0.3) is 0 Å². The molecule has 1 aromatic carbocycles. The number of carbonyl (C=O) groups excluding carboxylic acids is 2. The molecule has 0 fully saturated rings. The van der Waals surface area contributed by atoms with Crippen molar-refractivity contribution in [3.8, 4) is 0 Å². The van der Waals surface area contributed by atoms with E-state index >= 15 is 0 Å². The number of hydrogen-bond donors (Lipinski definition) is 0. The highest BCUT2D eigenvalue weighted by Crippen LogP contribution is 2.12. The molecule has 6 heteroatoms. The number of rotatable bonds is 5. The summed E-state index contributed by atoms with van der Waals surface area (Å²) < 4.78 is 9.49. The van der Waals surface area contributed by atoms with Crippen LogP contribution in [-0.2, 0) is 20.9 Å². The van der Waals surface area contributed by atoms with Crippen LogP contribution < -0.4 is 0 Å². The van der Waals surface area contributed by atoms with Crippen molar-refractivity contribution in [1.82, 2.24) is 4.90 Å². The predicted octanol–water partition coefficient (Wildman–Crippen LogP) is 2.60. The Labute approximate surface area is 116 Å². The molecule has 0 aliphatic carbocycles. The molecule has 0 heterocycles. The van der Waals surface area contributed by atoms with Gasteiger partial charge in [-0.15, -0.1) is 0 Å². The monoisotopic (exact) mass is 283 g/mol. The van der Waals surface area contributed by atoms with Gasteiger partial charge < -0.3 is 9.47 Å². The van der Waals surface area contributed by atoms with Gasteiger partial charge >= 0.3 is 12.1 Å². The zero-order chi connectivity index (χ0) is 14.3. The summed E-state index contributed by atoms with van der Waals surface area (Å²) in [5.74, 6) is -0.556. The maximum Gasteiger partial charge on any atom is 0.414 e. The van der Waals surface area contributed by atoms with Gasteiger partial charge in [0, 0.05) is 11.2 Å². The van der Waals surface area contributed by atoms with Crippen molar-refractivity contribution in [2.45, 2.75) is 6.61 Å². The molecule has 0 saturated carbocycles. The molecule has 0 unspecified atom stereocenters. The van der Waals surface area contributed by atoms with Crippen molar-refractivity contribution in [3.05, 3.63) is 47.6 Å². The van der Waals surface area contributed by atoms with E-state index in [1.54, 1.807) is 24.3 Å². The lowest BCUT2D eigenvalue weighted by Gasteiger charge is -2.16. The van der Waals surface area contributed by atoms with E-state index in [0.29, 0.717) is 5.02 Å². The minimum atomic E-state index is -0.680. The third-order valence-corrected chi connectivity index (χ3v) is 2.47. The topological polar surface area (TPSA) is 55.8 Å². The van der Waals surface area contributed by atoms with Gasteiger partial charge in [-0.1, -0.05) is 30.3 Å². The van der Waals surface area contributed by atoms with Crippen LogP contribution in [0, 0.1) is 0 Å². The van der Waals surface area contributed by atoms with Crippen LogP contribution in [-0.4, -0.2) is 30.6 Å². The van der Waals surface area contributed by atoms with Crippen LogP contribution in [0.2, 0.25) is 5.02 Å². The average Bonchev–Trinajstić information content (AvgIpc) is 2.41. The minimum absolute atomic E-state index is 0.0604. The zero-order valence-electron chi connectivity index (χ0n) is 10.5. The molecular weight excluding hydrogens is 270 g/mol. The second kappa shape index (κ2) is 7.43. The molecule has 102 valence electrons. The molecule has 0 radical (unpaired) electrons. The first-order valence-corrected chi connectivity index (χ1v) is 5.82. The molecule has 1 rings (SSSR count). The Morgan fingerprint density at radius 3 is 2.79 bits per heavy atom. The number of benzene rings is 1. The van der Waals surface area contributed by atoms with E-state index in [9.17, 15) is 9.59 Å². The summed E-state index contributed by atoms with van der Waals surface area (Å²) in [7, 11) is 1.24. The fourth-order valence-corrected chi connectivity index (χ4v) is 1.47. The van der Waals surface area contributed by atoms with Gasteiger partial charge in [-0.3, -0.25) is 9.69 Å². The van der Waals surface area contributed by atoms with Gasteiger partial charge in [-0.2, -0.15) is 0 Å². The van der Waals surface area contributed by atoms with Crippen molar-refractivity contribution < 1.29 is 19.1 Å². The van der Waals surface area contributed by atoms with Crippen LogP contribution in [0.1, 0.15) is 5.56 Å². The molecule has 0 aliphatic rings. The van der Waals surface area contributed by atoms with Gasteiger partial charge in [0.15, 0.2) is 0 Å². The van der Waals surface area contributed by atoms with Gasteiger partial charge in [0.05, 0.1) is 7.11 Å². The van der Waals surface area contributed by atoms with Crippen molar-refractivity contribution in [2.75, 3.05) is 13.7 Å². The standard InChI is InChI=1S/C13H14ClNO4/c1-3-15(8-12(16)18-2)13(17)19-9-10-5-4-6-11(14)7-10/h3-7H,1,8-9H2,2H3. The van der Waals surface area contributed by atoms with Crippen LogP contribution in [0.5, 0.6) is 0 Å². The molecule has 0 saturated heterocycles. The summed E-state index contributed by atoms with van der Waals surface area (Å²) in [5.41, 5.74) is 0.753. The lowest BCUT2D eigenvalue weighted by atomic mass is 10.2. The second-order valence-electron chi connectivity index (χ2n) is 3.57. The first kappa shape index (κ1) is 15.0. The molecule has 0 spiro atoms. The maximum atomic E-state index is 11.7. The lowest BCUT2D eigenvalue weighted by Crippen LogP contribution is -2.32. The SMILES string of the molecule is C=CN(CC(=O)OC)C(=O)OCc1cccc(Cl)c1. The highest BCUT2D eigenvalue weighted by molar-refractivity contribution is 6.30. The number of ether oxygens (including phenoxy) is 2. The first-order valence-electron chi connectivity index (χ1n) is 5.44. The van der Waals surface area contributed by atoms with E-state index in [1.807, 2.05) is 0 Å². The Bertz CT molecular complexity index is 475.